The third-order valence-electron chi connectivity index (χ3n) is 13.2. The number of nitrogens with zero attached hydrogens (tertiary/aromatic N) is 8. The molecule has 6 bridgehead atoms. The summed E-state index contributed by atoms with van der Waals surface area (Å²) in [6.07, 6.45) is 1.11. The van der Waals surface area contributed by atoms with Gasteiger partial charge in [0.15, 0.2) is 40.0 Å². The Balaban J connectivity index is 1.17. The highest BCUT2D eigenvalue weighted by atomic mass is 28.5. The van der Waals surface area contributed by atoms with Crippen LogP contribution >= 0.6 is 0 Å². The summed E-state index contributed by atoms with van der Waals surface area (Å²) in [5.74, 6) is 1.16. The lowest BCUT2D eigenvalue weighted by atomic mass is 10.1. The lowest BCUT2D eigenvalue weighted by Gasteiger charge is -2.43. The third kappa shape index (κ3) is 10.9. The van der Waals surface area contributed by atoms with Crippen LogP contribution < -0.4 is 21.6 Å². The summed E-state index contributed by atoms with van der Waals surface area (Å²) < 4.78 is 41.9. The smallest absolute Gasteiger partial charge is 0.480 e. The number of aliphatic carboxylic acids is 1. The van der Waals surface area contributed by atoms with Crippen molar-refractivity contribution < 1.29 is 46.7 Å². The van der Waals surface area contributed by atoms with Gasteiger partial charge in [-0.3, -0.25) is 18.1 Å². The van der Waals surface area contributed by atoms with Gasteiger partial charge in [0, 0.05) is 64.0 Å². The quantitative estimate of drug-likeness (QED) is 0.0501. The maximum Gasteiger partial charge on any atom is 0.582 e. The molecule has 6 heterocycles. The highest BCUT2D eigenvalue weighted by Gasteiger charge is 2.58. The number of carboxylic acids is 1. The van der Waals surface area contributed by atoms with Gasteiger partial charge in [0.25, 0.3) is 0 Å². The van der Waals surface area contributed by atoms with E-state index in [2.05, 4.69) is 45.3 Å². The van der Waals surface area contributed by atoms with Gasteiger partial charge >= 0.3 is 14.9 Å². The maximum atomic E-state index is 13.0. The second-order valence-corrected chi connectivity index (χ2v) is 31.5. The number of hydrogen-bond acceptors (Lipinski definition) is 15. The average molecular weight is 1080 g/mol. The summed E-state index contributed by atoms with van der Waals surface area (Å²) in [4.78, 5) is 69.6. The molecule has 2 aromatic heterocycles. The number of aromatic nitrogens is 2. The zero-order chi connectivity index (χ0) is 53.0. The fraction of sp³-hybridized carbons (Fsp3) is 0.340. The van der Waals surface area contributed by atoms with Gasteiger partial charge < -0.3 is 42.9 Å². The third-order valence-corrected chi connectivity index (χ3v) is 24.8. The molecule has 394 valence electrons. The predicted molar refractivity (Wildman–Crippen MR) is 295 cm³/mol. The Morgan fingerprint density at radius 2 is 0.921 bits per heavy atom. The van der Waals surface area contributed by atoms with Gasteiger partial charge in [-0.05, 0) is 51.1 Å². The summed E-state index contributed by atoms with van der Waals surface area (Å²) in [6, 6.07) is 33.2. The van der Waals surface area contributed by atoms with Crippen molar-refractivity contribution in [1.82, 2.24) is 19.1 Å². The number of hydrogen-bond donors (Lipinski definition) is 3. The molecule has 2 amide bonds. The van der Waals surface area contributed by atoms with Gasteiger partial charge in [0.2, 0.25) is 11.8 Å². The molecule has 4 aliphatic heterocycles. The number of carbonyl (C=O) groups excluding carboxylic acids is 2. The number of ether oxygens (including phenoxy) is 4. The van der Waals surface area contributed by atoms with Crippen molar-refractivity contribution in [2.75, 3.05) is 66.4 Å². The van der Waals surface area contributed by atoms with Crippen molar-refractivity contribution in [3.63, 3.8) is 0 Å². The van der Waals surface area contributed by atoms with Crippen molar-refractivity contribution in [2.45, 2.75) is 51.1 Å². The van der Waals surface area contributed by atoms with Gasteiger partial charge in [-0.15, -0.1) is 0 Å². The maximum absolute atomic E-state index is 13.0. The zero-order valence-electron chi connectivity index (χ0n) is 43.1. The van der Waals surface area contributed by atoms with E-state index >= 15 is 0 Å². The summed E-state index contributed by atoms with van der Waals surface area (Å²) in [7, 11) is -9.03. The Morgan fingerprint density at radius 1 is 0.513 bits per heavy atom. The number of amides is 2. The number of carbonyl (C=O) groups is 3. The number of carboxylic acid groups (broad SMARTS) is 1. The molecule has 23 heteroatoms. The van der Waals surface area contributed by atoms with Crippen LogP contribution in [0.3, 0.4) is 0 Å². The summed E-state index contributed by atoms with van der Waals surface area (Å²) in [6.45, 7) is 9.82. The second kappa shape index (κ2) is 22.3. The van der Waals surface area contributed by atoms with Crippen LogP contribution in [0.4, 0.5) is 11.6 Å². The number of benzene rings is 4. The first-order chi connectivity index (χ1) is 36.8. The topological polar surface area (TPSA) is 235 Å². The minimum absolute atomic E-state index is 0.0987. The van der Waals surface area contributed by atoms with Crippen molar-refractivity contribution in [3.8, 4) is 0 Å². The van der Waals surface area contributed by atoms with Gasteiger partial charge in [0.1, 0.15) is 42.4 Å². The van der Waals surface area contributed by atoms with E-state index < -0.39 is 44.0 Å². The minimum atomic E-state index is -4.55. The highest BCUT2D eigenvalue weighted by molar-refractivity contribution is 6.88. The van der Waals surface area contributed by atoms with Gasteiger partial charge in [-0.2, -0.15) is 0 Å². The van der Waals surface area contributed by atoms with Crippen LogP contribution in [0.1, 0.15) is 35.1 Å². The molecule has 4 aliphatic rings. The average Bonchev–Trinajstić information content (AvgIpc) is 4.15. The molecule has 0 spiro atoms. The first kappa shape index (κ1) is 52.5. The number of amidine groups is 4. The van der Waals surface area contributed by atoms with E-state index in [4.69, 9.17) is 62.2 Å². The molecule has 76 heavy (non-hydrogen) atoms. The zero-order valence-corrected chi connectivity index (χ0v) is 46.1. The Kier molecular flexibility index (Phi) is 15.4. The lowest BCUT2D eigenvalue weighted by molar-refractivity contribution is -0.143. The van der Waals surface area contributed by atoms with E-state index in [0.29, 0.717) is 104 Å². The molecule has 4 aromatic carbocycles. The van der Waals surface area contributed by atoms with E-state index in [0.717, 1.165) is 43.8 Å². The first-order valence-electron chi connectivity index (χ1n) is 25.4. The Bertz CT molecular complexity index is 3350. The normalized spacial score (nSPS) is 16.2. The second-order valence-electron chi connectivity index (χ2n) is 19.8. The predicted octanol–water partition coefficient (Wildman–Crippen LogP) is 5.61. The molecule has 3 N–H and O–H groups in total. The highest BCUT2D eigenvalue weighted by Crippen LogP contribution is 2.45. The van der Waals surface area contributed by atoms with E-state index in [1.165, 1.54) is 0 Å². The Morgan fingerprint density at radius 3 is 1.38 bits per heavy atom. The molecule has 0 fully saturated rings. The van der Waals surface area contributed by atoms with Crippen molar-refractivity contribution in [1.29, 1.82) is 0 Å². The molecule has 0 radical (unpaired) electrons. The SMILES string of the molecule is COCCOCCOCC(=O)NCCC[Si](C)(C)O[Si]1(O[Si](C)(C)CCCNC(=O)COCC(=O)O)n2c3c4ccccc4c2N=C2N=C(N=c4c5ccccc5c(n41)=NC1=NC(=N3)c3ccccc31)c1ccccc12. The fourth-order valence-electron chi connectivity index (χ4n) is 9.80. The molecule has 1 atom stereocenters. The fourth-order valence-corrected chi connectivity index (χ4v) is 22.4. The molecule has 1 unspecified atom stereocenters. The van der Waals surface area contributed by atoms with Gasteiger partial charge in [-0.1, -0.05) is 97.1 Å². The molecular weight excluding hydrogens is 1020 g/mol. The van der Waals surface area contributed by atoms with Crippen LogP contribution in [0.15, 0.2) is 127 Å². The van der Waals surface area contributed by atoms with Crippen LogP contribution in [0.2, 0.25) is 38.3 Å². The van der Waals surface area contributed by atoms with Crippen molar-refractivity contribution in [2.24, 2.45) is 30.0 Å². The standard InChI is InChI=1S/C53H60N10O10Si3/c1-68-26-27-69-28-29-70-32-43(64)54-24-14-30-74(2,3)72-76(73-75(4,5)31-15-25-55-44(65)33-71-34-45(66)67)62-50-39-20-10-11-21-40(39)52(62)60-48-37-18-8-9-19-38(37)49(57-48)61-53-42-23-13-12-22-41(42)51(63(53)76)59-47-36-17-7-6-16-35(36)46(56-47)58-50/h6-13,16-23H,14-15,24-34H2,1-5H3,(H,54,64)(H,55,65)(H,66,67). The molecular formula is C53H60N10O10Si3. The van der Waals surface area contributed by atoms with E-state index in [9.17, 15) is 14.4 Å². The number of rotatable bonds is 24. The summed E-state index contributed by atoms with van der Waals surface area (Å²) in [5, 5.41) is 18.1. The minimum Gasteiger partial charge on any atom is -0.480 e. The molecule has 6 aromatic rings. The molecule has 10 rings (SSSR count). The lowest BCUT2D eigenvalue weighted by Crippen LogP contribution is -2.70. The van der Waals surface area contributed by atoms with E-state index in [-0.39, 0.29) is 25.7 Å². The Hall–Kier alpha value is -6.94. The number of methoxy groups -OCH3 is 1. The number of aliphatic imine (C=N–C) groups is 4. The summed E-state index contributed by atoms with van der Waals surface area (Å²) >= 11 is 0. The van der Waals surface area contributed by atoms with Crippen LogP contribution in [-0.2, 0) is 41.6 Å². The van der Waals surface area contributed by atoms with E-state index in [1.54, 1.807) is 7.11 Å². The van der Waals surface area contributed by atoms with Crippen LogP contribution in [-0.4, -0.2) is 147 Å². The molecule has 0 aliphatic carbocycles. The molecule has 0 saturated heterocycles. The first-order valence-corrected chi connectivity index (χ1v) is 33.3. The van der Waals surface area contributed by atoms with Crippen molar-refractivity contribution >= 4 is 99.8 Å². The Labute approximate surface area is 441 Å². The van der Waals surface area contributed by atoms with Crippen molar-refractivity contribution in [3.05, 3.63) is 130 Å². The van der Waals surface area contributed by atoms with Crippen LogP contribution in [0.25, 0.3) is 21.5 Å². The van der Waals surface area contributed by atoms with Crippen LogP contribution in [0, 0.1) is 0 Å². The molecule has 20 nitrogen and oxygen atoms in total. The monoisotopic (exact) mass is 1080 g/mol. The number of nitrogens with one attached hydrogen (secondary N) is 2. The largest absolute Gasteiger partial charge is 0.582 e. The van der Waals surface area contributed by atoms with E-state index in [1.807, 2.05) is 97.1 Å². The van der Waals surface area contributed by atoms with Crippen LogP contribution in [0.5, 0.6) is 0 Å². The molecule has 0 saturated carbocycles. The summed E-state index contributed by atoms with van der Waals surface area (Å²) in [5.41, 5.74) is 4.34. The van der Waals surface area contributed by atoms with Gasteiger partial charge in [0.05, 0.1) is 26.4 Å². The number of fused-ring (bicyclic) bond motifs is 14. The van der Waals surface area contributed by atoms with Gasteiger partial charge in [-0.25, -0.2) is 34.7 Å².